The molecule has 0 aliphatic carbocycles. The van der Waals surface area contributed by atoms with Crippen LogP contribution in [0.5, 0.6) is 0 Å². The average molecular weight is 379 g/mol. The van der Waals surface area contributed by atoms with E-state index in [1.54, 1.807) is 0 Å². The Morgan fingerprint density at radius 1 is 1.00 bits per heavy atom. The fourth-order valence-corrected chi connectivity index (χ4v) is 6.32. The van der Waals surface area contributed by atoms with Crippen LogP contribution in [-0.4, -0.2) is 58.8 Å². The van der Waals surface area contributed by atoms with Crippen LogP contribution in [-0.2, 0) is 4.79 Å². The Morgan fingerprint density at radius 3 is 2.40 bits per heavy atom. The summed E-state index contributed by atoms with van der Waals surface area (Å²) in [5.41, 5.74) is 0.727. The summed E-state index contributed by atoms with van der Waals surface area (Å²) in [6.45, 7) is 2.59. The summed E-state index contributed by atoms with van der Waals surface area (Å²) in [7, 11) is 3.99. The zero-order valence-corrected chi connectivity index (χ0v) is 16.2. The normalized spacial score (nSPS) is 20.7. The Bertz CT molecular complexity index is 568. The summed E-state index contributed by atoms with van der Waals surface area (Å²) in [4.78, 5) is 28.6. The third-order valence-electron chi connectivity index (χ3n) is 4.83. The Labute approximate surface area is 158 Å². The number of carbonyl (C=O) groups excluding carboxylic acids is 2. The highest BCUT2D eigenvalue weighted by molar-refractivity contribution is 8.77. The molecule has 1 aromatic rings. The molecule has 25 heavy (non-hydrogen) atoms. The lowest BCUT2D eigenvalue weighted by Crippen LogP contribution is -2.50. The van der Waals surface area contributed by atoms with E-state index in [2.05, 4.69) is 0 Å². The van der Waals surface area contributed by atoms with Gasteiger partial charge in [-0.1, -0.05) is 46.2 Å². The maximum Gasteiger partial charge on any atom is 0.253 e. The van der Waals surface area contributed by atoms with Gasteiger partial charge in [0.1, 0.15) is 0 Å². The third kappa shape index (κ3) is 5.42. The van der Waals surface area contributed by atoms with Gasteiger partial charge in [-0.2, -0.15) is 0 Å². The number of nitrogens with zero attached hydrogens (tertiary/aromatic N) is 2. The molecule has 2 aliphatic heterocycles. The first-order valence-electron chi connectivity index (χ1n) is 9.14. The van der Waals surface area contributed by atoms with Gasteiger partial charge in [0.15, 0.2) is 0 Å². The van der Waals surface area contributed by atoms with E-state index in [0.717, 1.165) is 23.7 Å². The number of carbonyl (C=O) groups is 2. The summed E-state index contributed by atoms with van der Waals surface area (Å²) < 4.78 is 0. The first-order chi connectivity index (χ1) is 12.2. The van der Waals surface area contributed by atoms with Gasteiger partial charge in [-0.25, -0.2) is 0 Å². The van der Waals surface area contributed by atoms with Crippen LogP contribution in [0, 0.1) is 0 Å². The van der Waals surface area contributed by atoms with E-state index in [-0.39, 0.29) is 11.8 Å². The van der Waals surface area contributed by atoms with Gasteiger partial charge < -0.3 is 9.80 Å². The Kier molecular flexibility index (Phi) is 7.11. The molecule has 136 valence electrons. The summed E-state index contributed by atoms with van der Waals surface area (Å²) in [5.74, 6) is 1.60. The molecule has 2 aliphatic rings. The van der Waals surface area contributed by atoms with Crippen LogP contribution >= 0.6 is 21.6 Å². The molecule has 4 nitrogen and oxygen atoms in total. The SMILES string of the molecule is O=C(CCCCC1CCSS1)N1CCN(C(=O)c2ccccc2)CC1. The van der Waals surface area contributed by atoms with Gasteiger partial charge >= 0.3 is 0 Å². The van der Waals surface area contributed by atoms with Gasteiger partial charge in [-0.15, -0.1) is 0 Å². The molecular weight excluding hydrogens is 352 g/mol. The predicted molar refractivity (Wildman–Crippen MR) is 106 cm³/mol. The van der Waals surface area contributed by atoms with E-state index >= 15 is 0 Å². The van der Waals surface area contributed by atoms with Crippen molar-refractivity contribution in [1.29, 1.82) is 0 Å². The molecule has 0 saturated carbocycles. The van der Waals surface area contributed by atoms with E-state index in [1.165, 1.54) is 18.6 Å². The summed E-state index contributed by atoms with van der Waals surface area (Å²) in [6.07, 6.45) is 5.35. The maximum absolute atomic E-state index is 12.4. The molecule has 2 saturated heterocycles. The van der Waals surface area contributed by atoms with E-state index in [0.29, 0.717) is 32.6 Å². The minimum atomic E-state index is 0.0691. The van der Waals surface area contributed by atoms with Crippen LogP contribution < -0.4 is 0 Å². The lowest BCUT2D eigenvalue weighted by atomic mass is 10.1. The van der Waals surface area contributed by atoms with Gasteiger partial charge in [-0.05, 0) is 31.4 Å². The molecule has 2 amide bonds. The second kappa shape index (κ2) is 9.53. The molecule has 3 rings (SSSR count). The Morgan fingerprint density at radius 2 is 1.72 bits per heavy atom. The molecule has 2 fully saturated rings. The number of benzene rings is 1. The first kappa shape index (κ1) is 18.6. The molecule has 0 bridgehead atoms. The quantitative estimate of drug-likeness (QED) is 0.559. The second-order valence-electron chi connectivity index (χ2n) is 6.61. The lowest BCUT2D eigenvalue weighted by Gasteiger charge is -2.35. The third-order valence-corrected chi connectivity index (χ3v) is 7.84. The molecule has 0 N–H and O–H groups in total. The van der Waals surface area contributed by atoms with E-state index in [4.69, 9.17) is 0 Å². The van der Waals surface area contributed by atoms with Crippen LogP contribution in [0.2, 0.25) is 0 Å². The Hall–Kier alpha value is -1.14. The standard InChI is InChI=1S/C19H26N2O2S2/c22-18(9-5-4-8-17-10-15-24-25-17)20-11-13-21(14-12-20)19(23)16-6-2-1-3-7-16/h1-3,6-7,17H,4-5,8-15H2. The van der Waals surface area contributed by atoms with Crippen molar-refractivity contribution in [1.82, 2.24) is 9.80 Å². The minimum Gasteiger partial charge on any atom is -0.339 e. The van der Waals surface area contributed by atoms with Crippen molar-refractivity contribution in [3.05, 3.63) is 35.9 Å². The minimum absolute atomic E-state index is 0.0691. The van der Waals surface area contributed by atoms with Crippen LogP contribution in [0.1, 0.15) is 42.5 Å². The number of unbranched alkanes of at least 4 members (excludes halogenated alkanes) is 1. The Balaban J connectivity index is 1.35. The van der Waals surface area contributed by atoms with Crippen molar-refractivity contribution in [2.75, 3.05) is 31.9 Å². The van der Waals surface area contributed by atoms with E-state index in [1.807, 2.05) is 61.7 Å². The molecule has 2 heterocycles. The number of amides is 2. The number of hydrogen-bond donors (Lipinski definition) is 0. The lowest BCUT2D eigenvalue weighted by molar-refractivity contribution is -0.132. The van der Waals surface area contributed by atoms with Gasteiger partial charge in [0, 0.05) is 49.2 Å². The molecule has 0 spiro atoms. The summed E-state index contributed by atoms with van der Waals surface area (Å²) >= 11 is 0. The highest BCUT2D eigenvalue weighted by Gasteiger charge is 2.24. The zero-order valence-electron chi connectivity index (χ0n) is 14.6. The number of rotatable bonds is 6. The van der Waals surface area contributed by atoms with Crippen LogP contribution in [0.25, 0.3) is 0 Å². The molecular formula is C19H26N2O2S2. The topological polar surface area (TPSA) is 40.6 Å². The van der Waals surface area contributed by atoms with E-state index in [9.17, 15) is 9.59 Å². The molecule has 6 heteroatoms. The molecule has 0 radical (unpaired) electrons. The molecule has 1 unspecified atom stereocenters. The van der Waals surface area contributed by atoms with Crippen LogP contribution in [0.3, 0.4) is 0 Å². The van der Waals surface area contributed by atoms with Gasteiger partial charge in [0.25, 0.3) is 5.91 Å². The van der Waals surface area contributed by atoms with Crippen molar-refractivity contribution < 1.29 is 9.59 Å². The summed E-state index contributed by atoms with van der Waals surface area (Å²) in [6, 6.07) is 9.38. The highest BCUT2D eigenvalue weighted by Crippen LogP contribution is 2.39. The van der Waals surface area contributed by atoms with Gasteiger partial charge in [0.05, 0.1) is 0 Å². The smallest absolute Gasteiger partial charge is 0.253 e. The fourth-order valence-electron chi connectivity index (χ4n) is 3.29. The van der Waals surface area contributed by atoms with Gasteiger partial charge in [0.2, 0.25) is 5.91 Å². The van der Waals surface area contributed by atoms with Crippen molar-refractivity contribution in [3.63, 3.8) is 0 Å². The highest BCUT2D eigenvalue weighted by atomic mass is 33.1. The van der Waals surface area contributed by atoms with Crippen molar-refractivity contribution in [3.8, 4) is 0 Å². The number of hydrogen-bond acceptors (Lipinski definition) is 4. The molecule has 1 aromatic carbocycles. The van der Waals surface area contributed by atoms with Crippen molar-refractivity contribution in [2.45, 2.75) is 37.4 Å². The first-order valence-corrected chi connectivity index (χ1v) is 11.5. The summed E-state index contributed by atoms with van der Waals surface area (Å²) in [5, 5.41) is 0.799. The van der Waals surface area contributed by atoms with Crippen LogP contribution in [0.4, 0.5) is 0 Å². The van der Waals surface area contributed by atoms with Crippen molar-refractivity contribution >= 4 is 33.4 Å². The van der Waals surface area contributed by atoms with Crippen LogP contribution in [0.15, 0.2) is 30.3 Å². The number of piperazine rings is 1. The maximum atomic E-state index is 12.4. The largest absolute Gasteiger partial charge is 0.339 e. The molecule has 0 aromatic heterocycles. The van der Waals surface area contributed by atoms with Gasteiger partial charge in [-0.3, -0.25) is 9.59 Å². The fraction of sp³-hybridized carbons (Fsp3) is 0.579. The average Bonchev–Trinajstić information content (AvgIpc) is 3.19. The second-order valence-corrected chi connectivity index (χ2v) is 9.40. The predicted octanol–water partition coefficient (Wildman–Crippen LogP) is 3.69. The van der Waals surface area contributed by atoms with E-state index < -0.39 is 0 Å². The monoisotopic (exact) mass is 378 g/mol. The molecule has 1 atom stereocenters. The van der Waals surface area contributed by atoms with Crippen molar-refractivity contribution in [2.24, 2.45) is 0 Å². The zero-order chi connectivity index (χ0) is 17.5.